The van der Waals surface area contributed by atoms with Crippen LogP contribution in [0.15, 0.2) is 36.4 Å². The third-order valence-corrected chi connectivity index (χ3v) is 4.20. The summed E-state index contributed by atoms with van der Waals surface area (Å²) in [5, 5.41) is -0.237. The molecule has 8 heteroatoms. The van der Waals surface area contributed by atoms with Gasteiger partial charge in [-0.15, -0.1) is 0 Å². The summed E-state index contributed by atoms with van der Waals surface area (Å²) in [5.41, 5.74) is -0.634. The van der Waals surface area contributed by atoms with Crippen molar-refractivity contribution in [2.45, 2.75) is 6.18 Å². The second-order valence-corrected chi connectivity index (χ2v) is 5.79. The van der Waals surface area contributed by atoms with Gasteiger partial charge in [0.15, 0.2) is 11.6 Å². The fraction of sp³-hybridized carbons (Fsp3) is 0.118. The maximum Gasteiger partial charge on any atom is 0.471 e. The van der Waals surface area contributed by atoms with Crippen molar-refractivity contribution in [1.29, 1.82) is 0 Å². The molecule has 2 aromatic carbocycles. The Hall–Kier alpha value is -2.67. The number of anilines is 1. The first-order valence-corrected chi connectivity index (χ1v) is 7.38. The topological polar surface area (TPSA) is 54.5 Å². The highest BCUT2D eigenvalue weighted by Crippen LogP contribution is 2.39. The minimum absolute atomic E-state index is 0.0522. The molecule has 2 aromatic rings. The van der Waals surface area contributed by atoms with E-state index in [9.17, 15) is 27.6 Å². The number of ketones is 2. The number of hydrogen-bond acceptors (Lipinski definition) is 3. The van der Waals surface area contributed by atoms with Gasteiger partial charge in [-0.1, -0.05) is 35.9 Å². The number of carbonyl (C=O) groups excluding carboxylic acids is 3. The lowest BCUT2D eigenvalue weighted by Gasteiger charge is -2.26. The predicted molar refractivity (Wildman–Crippen MR) is 84.2 cm³/mol. The van der Waals surface area contributed by atoms with Gasteiger partial charge in [0, 0.05) is 23.7 Å². The number of carbonyl (C=O) groups is 3. The summed E-state index contributed by atoms with van der Waals surface area (Å²) in [6, 6.07) is 8.42. The summed E-state index contributed by atoms with van der Waals surface area (Å²) in [6.45, 7) is 0. The van der Waals surface area contributed by atoms with E-state index in [1.807, 2.05) is 0 Å². The molecule has 0 bridgehead atoms. The van der Waals surface area contributed by atoms with E-state index < -0.39 is 29.3 Å². The predicted octanol–water partition coefficient (Wildman–Crippen LogP) is 3.64. The molecular formula is C17H9ClF3NO3. The van der Waals surface area contributed by atoms with E-state index >= 15 is 0 Å². The van der Waals surface area contributed by atoms with Crippen LogP contribution in [-0.2, 0) is 4.79 Å². The molecule has 0 aliphatic heterocycles. The van der Waals surface area contributed by atoms with Crippen molar-refractivity contribution in [3.63, 3.8) is 0 Å². The molecule has 25 heavy (non-hydrogen) atoms. The summed E-state index contributed by atoms with van der Waals surface area (Å²) < 4.78 is 38.3. The highest BCUT2D eigenvalue weighted by Gasteiger charge is 2.44. The van der Waals surface area contributed by atoms with Crippen molar-refractivity contribution < 1.29 is 27.6 Å². The second-order valence-electron chi connectivity index (χ2n) is 5.38. The first-order valence-electron chi connectivity index (χ1n) is 7.00. The van der Waals surface area contributed by atoms with Crippen LogP contribution in [0.1, 0.15) is 31.8 Å². The van der Waals surface area contributed by atoms with Gasteiger partial charge in [-0.25, -0.2) is 0 Å². The van der Waals surface area contributed by atoms with Crippen LogP contribution in [0.5, 0.6) is 0 Å². The van der Waals surface area contributed by atoms with Crippen LogP contribution in [0.2, 0.25) is 5.02 Å². The van der Waals surface area contributed by atoms with Gasteiger partial charge in [0.05, 0.1) is 16.3 Å². The van der Waals surface area contributed by atoms with Crippen molar-refractivity contribution in [3.8, 4) is 0 Å². The van der Waals surface area contributed by atoms with Crippen molar-refractivity contribution in [1.82, 2.24) is 0 Å². The summed E-state index contributed by atoms with van der Waals surface area (Å²) in [5.74, 6) is -3.37. The van der Waals surface area contributed by atoms with Crippen molar-refractivity contribution in [3.05, 3.63) is 63.7 Å². The van der Waals surface area contributed by atoms with E-state index in [-0.39, 0.29) is 32.2 Å². The number of rotatable bonds is 1. The molecule has 0 saturated heterocycles. The first-order chi connectivity index (χ1) is 11.6. The lowest BCUT2D eigenvalue weighted by Crippen LogP contribution is -2.40. The Labute approximate surface area is 144 Å². The van der Waals surface area contributed by atoms with E-state index in [1.54, 1.807) is 6.07 Å². The molecule has 128 valence electrons. The molecule has 0 aromatic heterocycles. The molecule has 0 spiro atoms. The Morgan fingerprint density at radius 2 is 1.52 bits per heavy atom. The smallest absolute Gasteiger partial charge is 0.305 e. The average molecular weight is 368 g/mol. The minimum Gasteiger partial charge on any atom is -0.305 e. The normalized spacial score (nSPS) is 13.3. The third-order valence-electron chi connectivity index (χ3n) is 3.90. The quantitative estimate of drug-likeness (QED) is 0.660. The Morgan fingerprint density at radius 3 is 2.08 bits per heavy atom. The van der Waals surface area contributed by atoms with Gasteiger partial charge in [-0.2, -0.15) is 13.2 Å². The lowest BCUT2D eigenvalue weighted by atomic mass is 9.83. The number of benzene rings is 2. The maximum absolute atomic E-state index is 12.8. The van der Waals surface area contributed by atoms with Gasteiger partial charge >= 0.3 is 12.1 Å². The SMILES string of the molecule is CN(C(=O)C(F)(F)F)c1c(Cl)ccc2c1C(=O)c1ccccc1C2=O. The number of amides is 1. The zero-order valence-electron chi connectivity index (χ0n) is 12.6. The number of hydrogen-bond donors (Lipinski definition) is 0. The molecule has 1 aliphatic carbocycles. The third kappa shape index (κ3) is 2.60. The Kier molecular flexibility index (Phi) is 3.91. The molecule has 0 atom stereocenters. The van der Waals surface area contributed by atoms with E-state index in [0.717, 1.165) is 7.05 Å². The highest BCUT2D eigenvalue weighted by molar-refractivity contribution is 6.38. The number of nitrogens with zero attached hydrogens (tertiary/aromatic N) is 1. The van der Waals surface area contributed by atoms with Crippen LogP contribution in [0.3, 0.4) is 0 Å². The Bertz CT molecular complexity index is 937. The van der Waals surface area contributed by atoms with Crippen molar-refractivity contribution >= 4 is 34.8 Å². The molecule has 0 saturated carbocycles. The van der Waals surface area contributed by atoms with E-state index in [1.165, 1.54) is 30.3 Å². The molecule has 0 heterocycles. The Balaban J connectivity index is 2.26. The maximum atomic E-state index is 12.8. The second kappa shape index (κ2) is 5.70. The van der Waals surface area contributed by atoms with Gasteiger partial charge in [0.2, 0.25) is 0 Å². The summed E-state index contributed by atoms with van der Waals surface area (Å²) in [4.78, 5) is 37.2. The van der Waals surface area contributed by atoms with E-state index in [0.29, 0.717) is 0 Å². The average Bonchev–Trinajstić information content (AvgIpc) is 2.57. The van der Waals surface area contributed by atoms with Crippen LogP contribution >= 0.6 is 11.6 Å². The zero-order valence-corrected chi connectivity index (χ0v) is 13.4. The molecule has 0 radical (unpaired) electrons. The van der Waals surface area contributed by atoms with Crippen LogP contribution in [0, 0.1) is 0 Å². The molecule has 0 N–H and O–H groups in total. The number of halogens is 4. The molecule has 1 amide bonds. The number of fused-ring (bicyclic) bond motifs is 2. The van der Waals surface area contributed by atoms with Crippen molar-refractivity contribution in [2.24, 2.45) is 0 Å². The molecule has 1 aliphatic rings. The molecule has 0 unspecified atom stereocenters. The molecule has 4 nitrogen and oxygen atoms in total. The summed E-state index contributed by atoms with van der Waals surface area (Å²) in [7, 11) is 0.857. The largest absolute Gasteiger partial charge is 0.471 e. The first kappa shape index (κ1) is 17.2. The molecule has 0 fully saturated rings. The standard InChI is InChI=1S/C17H9ClF3NO3/c1-22(16(25)17(19,20)21)13-11(18)7-6-10-12(13)15(24)9-5-3-2-4-8(9)14(10)23/h2-7H,1H3. The van der Waals surface area contributed by atoms with E-state index in [4.69, 9.17) is 11.6 Å². The molecule has 3 rings (SSSR count). The van der Waals surface area contributed by atoms with Gasteiger partial charge in [-0.05, 0) is 12.1 Å². The van der Waals surface area contributed by atoms with Crippen molar-refractivity contribution in [2.75, 3.05) is 11.9 Å². The van der Waals surface area contributed by atoms with Crippen LogP contribution in [0.25, 0.3) is 0 Å². The van der Waals surface area contributed by atoms with E-state index in [2.05, 4.69) is 0 Å². The molecular weight excluding hydrogens is 359 g/mol. The van der Waals surface area contributed by atoms with Gasteiger partial charge in [-0.3, -0.25) is 14.4 Å². The fourth-order valence-corrected chi connectivity index (χ4v) is 3.05. The zero-order chi connectivity index (χ0) is 18.5. The fourth-order valence-electron chi connectivity index (χ4n) is 2.76. The lowest BCUT2D eigenvalue weighted by molar-refractivity contribution is -0.170. The summed E-state index contributed by atoms with van der Waals surface area (Å²) >= 11 is 5.97. The van der Waals surface area contributed by atoms with Gasteiger partial charge < -0.3 is 4.90 Å². The highest BCUT2D eigenvalue weighted by atomic mass is 35.5. The van der Waals surface area contributed by atoms with Crippen LogP contribution in [0.4, 0.5) is 18.9 Å². The van der Waals surface area contributed by atoms with Crippen LogP contribution < -0.4 is 4.90 Å². The summed E-state index contributed by atoms with van der Waals surface area (Å²) in [6.07, 6.45) is -5.15. The minimum atomic E-state index is -5.15. The Morgan fingerprint density at radius 1 is 0.960 bits per heavy atom. The monoisotopic (exact) mass is 367 g/mol. The van der Waals surface area contributed by atoms with Crippen LogP contribution in [-0.4, -0.2) is 30.7 Å². The number of alkyl halides is 3. The van der Waals surface area contributed by atoms with Gasteiger partial charge in [0.1, 0.15) is 0 Å². The van der Waals surface area contributed by atoms with Gasteiger partial charge in [0.25, 0.3) is 0 Å².